The molecule has 0 radical (unpaired) electrons. The molecule has 2 aromatic rings. The van der Waals surface area contributed by atoms with Gasteiger partial charge in [-0.1, -0.05) is 35.0 Å². The molecule has 3 nitrogen and oxygen atoms in total. The number of rotatable bonds is 6. The highest BCUT2D eigenvalue weighted by Gasteiger charge is 2.10. The molecule has 1 heterocycles. The molecule has 1 atom stereocenters. The Bertz CT molecular complexity index is 504. The van der Waals surface area contributed by atoms with E-state index in [-0.39, 0.29) is 0 Å². The summed E-state index contributed by atoms with van der Waals surface area (Å²) in [7, 11) is 1.96. The summed E-state index contributed by atoms with van der Waals surface area (Å²) in [6.45, 7) is 3.14. The summed E-state index contributed by atoms with van der Waals surface area (Å²) in [5.41, 5.74) is 2.64. The van der Waals surface area contributed by atoms with E-state index < -0.39 is 0 Å². The van der Waals surface area contributed by atoms with Crippen molar-refractivity contribution in [3.05, 3.63) is 52.3 Å². The predicted molar refractivity (Wildman–Crippen MR) is 82.2 cm³/mol. The third kappa shape index (κ3) is 4.48. The molecular formula is C15H20BrN3. The normalized spacial score (nSPS) is 12.6. The Labute approximate surface area is 123 Å². The molecule has 2 rings (SSSR count). The van der Waals surface area contributed by atoms with Gasteiger partial charge >= 0.3 is 0 Å². The van der Waals surface area contributed by atoms with Crippen molar-refractivity contribution in [2.45, 2.75) is 25.8 Å². The van der Waals surface area contributed by atoms with E-state index in [1.165, 1.54) is 11.1 Å². The minimum absolute atomic E-state index is 0.454. The van der Waals surface area contributed by atoms with E-state index in [2.05, 4.69) is 63.7 Å². The number of nitrogens with one attached hydrogen (secondary N) is 1. The Kier molecular flexibility index (Phi) is 5.16. The average Bonchev–Trinajstić information content (AvgIpc) is 2.78. The summed E-state index contributed by atoms with van der Waals surface area (Å²) in [6, 6.07) is 9.01. The van der Waals surface area contributed by atoms with E-state index in [0.717, 1.165) is 23.9 Å². The highest BCUT2D eigenvalue weighted by molar-refractivity contribution is 9.10. The van der Waals surface area contributed by atoms with E-state index in [1.54, 1.807) is 0 Å². The number of likely N-dealkylation sites (N-methyl/N-ethyl adjacent to an activating group) is 1. The second kappa shape index (κ2) is 6.87. The number of hydrogen-bond donors (Lipinski definition) is 1. The Morgan fingerprint density at radius 3 is 2.47 bits per heavy atom. The summed E-state index contributed by atoms with van der Waals surface area (Å²) < 4.78 is 2.99. The molecule has 4 heteroatoms. The Hall–Kier alpha value is -1.13. The number of hydrogen-bond acceptors (Lipinski definition) is 2. The number of benzene rings is 1. The molecule has 102 valence electrons. The van der Waals surface area contributed by atoms with Crippen LogP contribution in [0.1, 0.15) is 18.1 Å². The van der Waals surface area contributed by atoms with Crippen LogP contribution < -0.4 is 5.32 Å². The van der Waals surface area contributed by atoms with Crippen LogP contribution in [0.5, 0.6) is 0 Å². The SMILES string of the molecule is CCNC(Cc1ccc(Br)cc1)Cc1cnn(C)c1. The van der Waals surface area contributed by atoms with Crippen LogP contribution in [0.25, 0.3) is 0 Å². The molecular weight excluding hydrogens is 302 g/mol. The van der Waals surface area contributed by atoms with Crippen LogP contribution >= 0.6 is 15.9 Å². The van der Waals surface area contributed by atoms with Gasteiger partial charge in [0.1, 0.15) is 0 Å². The number of nitrogens with zero attached hydrogens (tertiary/aromatic N) is 2. The summed E-state index contributed by atoms with van der Waals surface area (Å²) >= 11 is 3.47. The van der Waals surface area contributed by atoms with Crippen LogP contribution in [0.4, 0.5) is 0 Å². The van der Waals surface area contributed by atoms with Gasteiger partial charge in [-0.3, -0.25) is 4.68 Å². The van der Waals surface area contributed by atoms with Gasteiger partial charge in [0.2, 0.25) is 0 Å². The molecule has 1 aromatic carbocycles. The molecule has 19 heavy (non-hydrogen) atoms. The molecule has 0 aliphatic heterocycles. The zero-order valence-corrected chi connectivity index (χ0v) is 13.0. The van der Waals surface area contributed by atoms with Crippen molar-refractivity contribution in [2.24, 2.45) is 7.05 Å². The maximum atomic E-state index is 4.23. The molecule has 0 aliphatic rings. The molecule has 0 saturated carbocycles. The van der Waals surface area contributed by atoms with Gasteiger partial charge in [-0.2, -0.15) is 5.10 Å². The smallest absolute Gasteiger partial charge is 0.0522 e. The van der Waals surface area contributed by atoms with Gasteiger partial charge in [0.25, 0.3) is 0 Å². The van der Waals surface area contributed by atoms with Crippen molar-refractivity contribution in [1.29, 1.82) is 0 Å². The lowest BCUT2D eigenvalue weighted by molar-refractivity contribution is 0.521. The van der Waals surface area contributed by atoms with Crippen molar-refractivity contribution in [3.63, 3.8) is 0 Å². The lowest BCUT2D eigenvalue weighted by atomic mass is 10.0. The van der Waals surface area contributed by atoms with Crippen molar-refractivity contribution in [1.82, 2.24) is 15.1 Å². The first-order chi connectivity index (χ1) is 9.17. The first-order valence-electron chi connectivity index (χ1n) is 6.62. The van der Waals surface area contributed by atoms with Gasteiger partial charge in [-0.05, 0) is 42.6 Å². The van der Waals surface area contributed by atoms with Crippen LogP contribution in [0, 0.1) is 0 Å². The van der Waals surface area contributed by atoms with Crippen LogP contribution in [-0.2, 0) is 19.9 Å². The minimum atomic E-state index is 0.454. The fourth-order valence-electron chi connectivity index (χ4n) is 2.27. The van der Waals surface area contributed by atoms with Crippen molar-refractivity contribution >= 4 is 15.9 Å². The standard InChI is InChI=1S/C15H20BrN3/c1-3-17-15(9-13-10-18-19(2)11-13)8-12-4-6-14(16)7-5-12/h4-7,10-11,15,17H,3,8-9H2,1-2H3. The number of aryl methyl sites for hydroxylation is 1. The molecule has 0 spiro atoms. The molecule has 0 aliphatic carbocycles. The molecule has 0 bridgehead atoms. The van der Waals surface area contributed by atoms with Gasteiger partial charge in [0.05, 0.1) is 6.20 Å². The monoisotopic (exact) mass is 321 g/mol. The fraction of sp³-hybridized carbons (Fsp3) is 0.400. The van der Waals surface area contributed by atoms with Crippen molar-refractivity contribution in [2.75, 3.05) is 6.54 Å². The van der Waals surface area contributed by atoms with Gasteiger partial charge in [0.15, 0.2) is 0 Å². The average molecular weight is 322 g/mol. The molecule has 1 unspecified atom stereocenters. The number of aromatic nitrogens is 2. The number of halogens is 1. The Balaban J connectivity index is 2.01. The highest BCUT2D eigenvalue weighted by Crippen LogP contribution is 2.13. The first kappa shape index (κ1) is 14.3. The predicted octanol–water partition coefficient (Wildman–Crippen LogP) is 2.95. The van der Waals surface area contributed by atoms with E-state index in [4.69, 9.17) is 0 Å². The maximum absolute atomic E-state index is 4.23. The van der Waals surface area contributed by atoms with Crippen LogP contribution in [0.15, 0.2) is 41.1 Å². The molecule has 1 N–H and O–H groups in total. The molecule has 0 fully saturated rings. The maximum Gasteiger partial charge on any atom is 0.0522 e. The Morgan fingerprint density at radius 1 is 1.21 bits per heavy atom. The van der Waals surface area contributed by atoms with Crippen molar-refractivity contribution < 1.29 is 0 Å². The topological polar surface area (TPSA) is 29.9 Å². The van der Waals surface area contributed by atoms with E-state index in [9.17, 15) is 0 Å². The van der Waals surface area contributed by atoms with Crippen LogP contribution in [0.2, 0.25) is 0 Å². The lowest BCUT2D eigenvalue weighted by Crippen LogP contribution is -2.32. The highest BCUT2D eigenvalue weighted by atomic mass is 79.9. The van der Waals surface area contributed by atoms with Gasteiger partial charge in [0, 0.05) is 23.8 Å². The zero-order chi connectivity index (χ0) is 13.7. The quantitative estimate of drug-likeness (QED) is 0.886. The van der Waals surface area contributed by atoms with Crippen LogP contribution in [0.3, 0.4) is 0 Å². The van der Waals surface area contributed by atoms with Crippen molar-refractivity contribution in [3.8, 4) is 0 Å². The zero-order valence-electron chi connectivity index (χ0n) is 11.4. The molecule has 0 amide bonds. The van der Waals surface area contributed by atoms with E-state index in [0.29, 0.717) is 6.04 Å². The summed E-state index contributed by atoms with van der Waals surface area (Å²) in [5.74, 6) is 0. The first-order valence-corrected chi connectivity index (χ1v) is 7.42. The van der Waals surface area contributed by atoms with Crippen LogP contribution in [-0.4, -0.2) is 22.4 Å². The lowest BCUT2D eigenvalue weighted by Gasteiger charge is -2.17. The minimum Gasteiger partial charge on any atom is -0.314 e. The van der Waals surface area contributed by atoms with E-state index in [1.807, 2.05) is 17.9 Å². The van der Waals surface area contributed by atoms with Gasteiger partial charge in [-0.15, -0.1) is 0 Å². The molecule has 0 saturated heterocycles. The van der Waals surface area contributed by atoms with Gasteiger partial charge < -0.3 is 5.32 Å². The summed E-state index contributed by atoms with van der Waals surface area (Å²) in [6.07, 6.45) is 6.09. The fourth-order valence-corrected chi connectivity index (χ4v) is 2.54. The van der Waals surface area contributed by atoms with Gasteiger partial charge in [-0.25, -0.2) is 0 Å². The molecule has 1 aromatic heterocycles. The summed E-state index contributed by atoms with van der Waals surface area (Å²) in [4.78, 5) is 0. The van der Waals surface area contributed by atoms with E-state index >= 15 is 0 Å². The second-order valence-corrected chi connectivity index (χ2v) is 5.73. The summed E-state index contributed by atoms with van der Waals surface area (Å²) in [5, 5.41) is 7.79. The Morgan fingerprint density at radius 2 is 1.89 bits per heavy atom. The third-order valence-electron chi connectivity index (χ3n) is 3.13. The third-order valence-corrected chi connectivity index (χ3v) is 3.66. The largest absolute Gasteiger partial charge is 0.314 e. The second-order valence-electron chi connectivity index (χ2n) is 4.81.